The van der Waals surface area contributed by atoms with Crippen molar-refractivity contribution >= 4 is 52.5 Å². The van der Waals surface area contributed by atoms with E-state index in [0.29, 0.717) is 46.8 Å². The van der Waals surface area contributed by atoms with Crippen LogP contribution in [0, 0.1) is 23.7 Å². The maximum absolute atomic E-state index is 15.4. The number of hydrogen-bond donors (Lipinski definition) is 2. The molecule has 0 bridgehead atoms. The number of nitrogens with zero attached hydrogens (tertiary/aromatic N) is 3. The Hall–Kier alpha value is -5.16. The molecule has 57 heavy (non-hydrogen) atoms. The minimum Gasteiger partial charge on any atom is -0.508 e. The van der Waals surface area contributed by atoms with Gasteiger partial charge in [-0.1, -0.05) is 89.4 Å². The number of carbonyl (C=O) groups is 4. The molecule has 4 fully saturated rings. The first-order valence-corrected chi connectivity index (χ1v) is 20.2. The average molecular weight is 806 g/mol. The number of imide groups is 2. The zero-order valence-corrected chi connectivity index (χ0v) is 32.8. The Kier molecular flexibility index (Phi) is 9.62. The maximum atomic E-state index is 15.4. The van der Waals surface area contributed by atoms with Crippen LogP contribution in [0.25, 0.3) is 0 Å². The van der Waals surface area contributed by atoms with Gasteiger partial charge in [-0.15, -0.1) is 0 Å². The minimum atomic E-state index is -1.50. The number of anilines is 1. The molecule has 4 aromatic rings. The molecule has 2 N–H and O–H groups in total. The number of ether oxygens (including phenoxy) is 1. The van der Waals surface area contributed by atoms with Gasteiger partial charge in [0.05, 0.1) is 41.0 Å². The molecule has 1 saturated carbocycles. The number of aromatic hydroxyl groups is 1. The van der Waals surface area contributed by atoms with Crippen LogP contribution in [0.3, 0.4) is 0 Å². The summed E-state index contributed by atoms with van der Waals surface area (Å²) in [5.74, 6) is -4.25. The number of nitrogens with one attached hydrogen (secondary N) is 1. The van der Waals surface area contributed by atoms with E-state index >= 15 is 4.79 Å². The van der Waals surface area contributed by atoms with Crippen LogP contribution < -0.4 is 10.2 Å². The molecule has 0 aromatic heterocycles. The van der Waals surface area contributed by atoms with E-state index in [-0.39, 0.29) is 35.0 Å². The smallest absolute Gasteiger partial charge is 0.260 e. The third kappa shape index (κ3) is 6.11. The standard InChI is InChI=1S/C45H42Cl2N4O6/c1-57-32-13-10-28(11-14-32)45-36(42(54)51(44(45)56)48-38-17-12-29(46)23-37(38)47)24-35-33(40(45)27-8-5-9-31(52)22-27)15-16-34-39(35)43(55)50(41(34)53)30-18-20-49(21-19-30)25-26-6-3-2-4-7-26/h2-15,17,22-23,30,34-36,39-40,48,52H,16,18-21,24-25H2,1H3/t34-,35+,36-,39-,40-,45+/m0/s1. The molecule has 9 rings (SSSR count). The summed E-state index contributed by atoms with van der Waals surface area (Å²) in [7, 11) is 1.56. The molecule has 4 amide bonds. The van der Waals surface area contributed by atoms with Crippen molar-refractivity contribution in [2.45, 2.75) is 49.6 Å². The van der Waals surface area contributed by atoms with Gasteiger partial charge < -0.3 is 9.84 Å². The van der Waals surface area contributed by atoms with E-state index in [2.05, 4.69) is 22.5 Å². The summed E-state index contributed by atoms with van der Waals surface area (Å²) in [6.45, 7) is 2.34. The van der Waals surface area contributed by atoms with Crippen LogP contribution in [-0.4, -0.2) is 69.8 Å². The van der Waals surface area contributed by atoms with Gasteiger partial charge in [-0.3, -0.25) is 34.4 Å². The first kappa shape index (κ1) is 37.4. The van der Waals surface area contributed by atoms with Gasteiger partial charge in [-0.25, -0.2) is 0 Å². The molecule has 12 heteroatoms. The topological polar surface area (TPSA) is 119 Å². The van der Waals surface area contributed by atoms with E-state index in [9.17, 15) is 19.5 Å². The highest BCUT2D eigenvalue weighted by Gasteiger charge is 2.70. The molecule has 3 saturated heterocycles. The second-order valence-corrected chi connectivity index (χ2v) is 16.7. The molecule has 0 spiro atoms. The molecular weight excluding hydrogens is 763 g/mol. The van der Waals surface area contributed by atoms with Gasteiger partial charge in [-0.05, 0) is 90.8 Å². The quantitative estimate of drug-likeness (QED) is 0.140. The molecule has 0 radical (unpaired) electrons. The molecule has 10 nitrogen and oxygen atoms in total. The summed E-state index contributed by atoms with van der Waals surface area (Å²) in [4.78, 5) is 63.5. The number of methoxy groups -OCH3 is 1. The molecule has 5 aliphatic rings. The lowest BCUT2D eigenvalue weighted by atomic mass is 9.49. The fraction of sp³-hybridized carbons (Fsp3) is 0.333. The summed E-state index contributed by atoms with van der Waals surface area (Å²) in [6.07, 6.45) is 3.89. The summed E-state index contributed by atoms with van der Waals surface area (Å²) in [6, 6.07) is 28.7. The number of allylic oxidation sites excluding steroid dienone is 2. The lowest BCUT2D eigenvalue weighted by Gasteiger charge is -2.50. The van der Waals surface area contributed by atoms with Crippen LogP contribution in [0.4, 0.5) is 5.69 Å². The number of piperidine rings is 1. The summed E-state index contributed by atoms with van der Waals surface area (Å²) in [5.41, 5.74) is 5.09. The molecular formula is C45H42Cl2N4O6. The van der Waals surface area contributed by atoms with Crippen molar-refractivity contribution in [2.75, 3.05) is 25.6 Å². The highest BCUT2D eigenvalue weighted by Crippen LogP contribution is 2.64. The minimum absolute atomic E-state index is 0.00180. The monoisotopic (exact) mass is 804 g/mol. The molecule has 3 heterocycles. The largest absolute Gasteiger partial charge is 0.508 e. The van der Waals surface area contributed by atoms with Crippen molar-refractivity contribution in [1.82, 2.24) is 14.8 Å². The Morgan fingerprint density at radius 3 is 2.30 bits per heavy atom. The second kappa shape index (κ2) is 14.7. The molecule has 6 atom stereocenters. The highest BCUT2D eigenvalue weighted by molar-refractivity contribution is 6.36. The van der Waals surface area contributed by atoms with Gasteiger partial charge in [0.25, 0.3) is 11.8 Å². The van der Waals surface area contributed by atoms with Gasteiger partial charge >= 0.3 is 0 Å². The first-order chi connectivity index (χ1) is 27.6. The van der Waals surface area contributed by atoms with E-state index < -0.39 is 46.8 Å². The van der Waals surface area contributed by atoms with E-state index in [0.717, 1.165) is 30.2 Å². The Morgan fingerprint density at radius 2 is 1.60 bits per heavy atom. The van der Waals surface area contributed by atoms with E-state index in [1.165, 1.54) is 11.6 Å². The number of fused-ring (bicyclic) bond motifs is 4. The second-order valence-electron chi connectivity index (χ2n) is 15.8. The van der Waals surface area contributed by atoms with Crippen molar-refractivity contribution in [1.29, 1.82) is 0 Å². The number of benzene rings is 4. The van der Waals surface area contributed by atoms with E-state index in [4.69, 9.17) is 27.9 Å². The van der Waals surface area contributed by atoms with Crippen LogP contribution in [0.1, 0.15) is 48.3 Å². The van der Waals surface area contributed by atoms with Crippen LogP contribution in [0.5, 0.6) is 11.5 Å². The van der Waals surface area contributed by atoms with E-state index in [1.807, 2.05) is 42.5 Å². The van der Waals surface area contributed by atoms with Gasteiger partial charge in [0.1, 0.15) is 11.5 Å². The van der Waals surface area contributed by atoms with Crippen molar-refractivity contribution in [3.63, 3.8) is 0 Å². The fourth-order valence-electron chi connectivity index (χ4n) is 10.5. The van der Waals surface area contributed by atoms with Crippen molar-refractivity contribution in [2.24, 2.45) is 23.7 Å². The average Bonchev–Trinajstić information content (AvgIpc) is 3.60. The van der Waals surface area contributed by atoms with Gasteiger partial charge in [0.15, 0.2) is 0 Å². The number of hydrogen-bond acceptors (Lipinski definition) is 8. The van der Waals surface area contributed by atoms with Crippen molar-refractivity contribution < 1.29 is 29.0 Å². The number of carbonyl (C=O) groups excluding carboxylic acids is 4. The first-order valence-electron chi connectivity index (χ1n) is 19.5. The van der Waals surface area contributed by atoms with Crippen LogP contribution in [-0.2, 0) is 31.1 Å². The summed E-state index contributed by atoms with van der Waals surface area (Å²) < 4.78 is 5.49. The zero-order valence-electron chi connectivity index (χ0n) is 31.3. The normalized spacial score (nSPS) is 27.6. The number of likely N-dealkylation sites (tertiary alicyclic amines) is 2. The zero-order chi connectivity index (χ0) is 39.6. The van der Waals surface area contributed by atoms with Crippen LogP contribution in [0.15, 0.2) is 109 Å². The lowest BCUT2D eigenvalue weighted by molar-refractivity contribution is -0.144. The van der Waals surface area contributed by atoms with Gasteiger partial charge in [0, 0.05) is 36.6 Å². The van der Waals surface area contributed by atoms with Crippen LogP contribution in [0.2, 0.25) is 10.0 Å². The SMILES string of the molecule is COc1ccc([C@@]23C(=O)N(Nc4ccc(Cl)cc4Cl)C(=O)[C@@H]2C[C@@H]2C(=CC[C@@H]4C(=O)N(C5CCN(Cc6ccccc6)CC5)C(=O)[C@@H]42)[C@@H]3c2cccc(O)c2)cc1. The number of hydrazine groups is 1. The molecule has 292 valence electrons. The van der Waals surface area contributed by atoms with Crippen molar-refractivity contribution in [3.8, 4) is 11.5 Å². The lowest BCUT2D eigenvalue weighted by Crippen LogP contribution is -2.53. The summed E-state index contributed by atoms with van der Waals surface area (Å²) >= 11 is 12.8. The predicted molar refractivity (Wildman–Crippen MR) is 215 cm³/mol. The molecule has 0 unspecified atom stereocenters. The Balaban J connectivity index is 1.11. The predicted octanol–water partition coefficient (Wildman–Crippen LogP) is 7.36. The number of amides is 4. The molecule has 2 aliphatic carbocycles. The maximum Gasteiger partial charge on any atom is 0.260 e. The third-order valence-electron chi connectivity index (χ3n) is 13.0. The number of phenolic OH excluding ortho intramolecular Hbond substituents is 1. The number of phenols is 1. The molecule has 4 aromatic carbocycles. The van der Waals surface area contributed by atoms with Gasteiger partial charge in [-0.2, -0.15) is 5.01 Å². The fourth-order valence-corrected chi connectivity index (χ4v) is 10.9. The van der Waals surface area contributed by atoms with Crippen LogP contribution >= 0.6 is 23.2 Å². The molecule has 3 aliphatic heterocycles. The third-order valence-corrected chi connectivity index (χ3v) is 13.5. The van der Waals surface area contributed by atoms with E-state index in [1.54, 1.807) is 54.5 Å². The summed E-state index contributed by atoms with van der Waals surface area (Å²) in [5, 5.41) is 12.5. The Morgan fingerprint density at radius 1 is 0.842 bits per heavy atom. The number of rotatable bonds is 8. The van der Waals surface area contributed by atoms with Crippen molar-refractivity contribution in [3.05, 3.63) is 135 Å². The number of halogens is 2. The van der Waals surface area contributed by atoms with Gasteiger partial charge in [0.2, 0.25) is 11.8 Å². The highest BCUT2D eigenvalue weighted by atomic mass is 35.5. The Bertz CT molecular complexity index is 2290. The Labute approximate surface area is 341 Å².